The lowest BCUT2D eigenvalue weighted by atomic mass is 10.0. The lowest BCUT2D eigenvalue weighted by Crippen LogP contribution is -2.52. The fourth-order valence-electron chi connectivity index (χ4n) is 4.88. The highest BCUT2D eigenvalue weighted by atomic mass is 16.5. The summed E-state index contributed by atoms with van der Waals surface area (Å²) in [6.45, 7) is 8.14. The van der Waals surface area contributed by atoms with Crippen molar-refractivity contribution < 1.29 is 9.47 Å². The zero-order valence-corrected chi connectivity index (χ0v) is 20.5. The summed E-state index contributed by atoms with van der Waals surface area (Å²) < 4.78 is 14.2. The summed E-state index contributed by atoms with van der Waals surface area (Å²) in [6.07, 6.45) is 6.16. The summed E-state index contributed by atoms with van der Waals surface area (Å²) in [4.78, 5) is 2.51. The van der Waals surface area contributed by atoms with Crippen LogP contribution in [0.5, 0.6) is 11.5 Å². The van der Waals surface area contributed by atoms with Crippen LogP contribution < -0.4 is 20.5 Å². The van der Waals surface area contributed by atoms with E-state index in [1.165, 1.54) is 5.56 Å². The lowest BCUT2D eigenvalue weighted by Gasteiger charge is -2.37. The zero-order valence-electron chi connectivity index (χ0n) is 20.5. The first-order chi connectivity index (χ1) is 17.3. The molecule has 0 spiro atoms. The van der Waals surface area contributed by atoms with Crippen LogP contribution in [0.2, 0.25) is 0 Å². The van der Waals surface area contributed by atoms with Gasteiger partial charge < -0.3 is 14.0 Å². The van der Waals surface area contributed by atoms with E-state index in [2.05, 4.69) is 54.9 Å². The third-order valence-corrected chi connectivity index (χ3v) is 6.48. The standard InChI is InChI=1S/C27H34N6O2/c1-3-34-24-18-21(19-25(35-4-2)26(24)32-14-8-9-15-32)20-31-16-12-23(13-17-31)33-27(28-29-30-33)22-10-6-5-7-11-22/h5-11,14-15,18-19,23,29-30H,3-4,12-13,16-17,20H2,1-2H3. The average Bonchev–Trinajstić information content (AvgIpc) is 3.58. The molecule has 0 amide bonds. The van der Waals surface area contributed by atoms with Crippen LogP contribution in [0.15, 0.2) is 72.1 Å². The van der Waals surface area contributed by atoms with E-state index in [4.69, 9.17) is 9.47 Å². The van der Waals surface area contributed by atoms with E-state index in [0.717, 1.165) is 61.1 Å². The molecule has 2 aliphatic heterocycles. The Morgan fingerprint density at radius 1 is 0.914 bits per heavy atom. The van der Waals surface area contributed by atoms with Crippen LogP contribution in [-0.4, -0.2) is 52.7 Å². The number of hydrogen-bond donors (Lipinski definition) is 2. The van der Waals surface area contributed by atoms with Gasteiger partial charge in [-0.1, -0.05) is 30.3 Å². The maximum atomic E-state index is 6.06. The predicted molar refractivity (Wildman–Crippen MR) is 137 cm³/mol. The molecule has 0 unspecified atom stereocenters. The van der Waals surface area contributed by atoms with E-state index >= 15 is 0 Å². The lowest BCUT2D eigenvalue weighted by molar-refractivity contribution is 0.119. The van der Waals surface area contributed by atoms with Crippen molar-refractivity contribution in [2.45, 2.75) is 39.3 Å². The van der Waals surface area contributed by atoms with Crippen molar-refractivity contribution in [1.82, 2.24) is 25.5 Å². The second-order valence-corrected chi connectivity index (χ2v) is 8.80. The number of hydrazone groups is 1. The van der Waals surface area contributed by atoms with Crippen molar-refractivity contribution >= 4 is 5.84 Å². The maximum Gasteiger partial charge on any atom is 0.173 e. The maximum absolute atomic E-state index is 6.06. The van der Waals surface area contributed by atoms with Gasteiger partial charge in [-0.05, 0) is 56.5 Å². The van der Waals surface area contributed by atoms with Crippen LogP contribution in [0.25, 0.3) is 5.69 Å². The van der Waals surface area contributed by atoms with E-state index in [1.54, 1.807) is 0 Å². The zero-order chi connectivity index (χ0) is 24.0. The second-order valence-electron chi connectivity index (χ2n) is 8.80. The molecule has 5 rings (SSSR count). The highest BCUT2D eigenvalue weighted by Gasteiger charge is 2.30. The molecule has 0 bridgehead atoms. The van der Waals surface area contributed by atoms with Crippen molar-refractivity contribution in [3.05, 3.63) is 78.1 Å². The van der Waals surface area contributed by atoms with Crippen LogP contribution >= 0.6 is 0 Å². The third-order valence-electron chi connectivity index (χ3n) is 6.48. The van der Waals surface area contributed by atoms with E-state index in [0.29, 0.717) is 19.3 Å². The molecule has 0 radical (unpaired) electrons. The summed E-state index contributed by atoms with van der Waals surface area (Å²) in [5.74, 6) is 2.67. The van der Waals surface area contributed by atoms with E-state index in [-0.39, 0.29) is 0 Å². The molecule has 0 saturated carbocycles. The van der Waals surface area contributed by atoms with Crippen molar-refractivity contribution in [2.24, 2.45) is 5.10 Å². The van der Waals surface area contributed by atoms with Crippen molar-refractivity contribution in [2.75, 3.05) is 26.3 Å². The Morgan fingerprint density at radius 3 is 2.20 bits per heavy atom. The molecule has 1 fully saturated rings. The minimum absolute atomic E-state index is 0.384. The summed E-state index contributed by atoms with van der Waals surface area (Å²) >= 11 is 0. The highest BCUT2D eigenvalue weighted by Crippen LogP contribution is 2.35. The van der Waals surface area contributed by atoms with Gasteiger partial charge >= 0.3 is 0 Å². The molecule has 0 aliphatic carbocycles. The normalized spacial score (nSPS) is 16.7. The minimum atomic E-state index is 0.384. The van der Waals surface area contributed by atoms with Crippen molar-refractivity contribution in [1.29, 1.82) is 0 Å². The van der Waals surface area contributed by atoms with Gasteiger partial charge in [-0.3, -0.25) is 9.91 Å². The number of ether oxygens (including phenoxy) is 2. The number of hydrogen-bond acceptors (Lipinski definition) is 7. The minimum Gasteiger partial charge on any atom is -0.492 e. The van der Waals surface area contributed by atoms with Gasteiger partial charge in [0.25, 0.3) is 0 Å². The molecular formula is C27H34N6O2. The number of amidine groups is 1. The Bertz CT molecular complexity index is 1100. The Hall–Kier alpha value is -3.49. The molecule has 2 aromatic carbocycles. The van der Waals surface area contributed by atoms with Crippen LogP contribution in [0.4, 0.5) is 0 Å². The number of benzene rings is 2. The molecule has 8 nitrogen and oxygen atoms in total. The number of aromatic nitrogens is 1. The number of likely N-dealkylation sites (tertiary alicyclic amines) is 1. The first kappa shape index (κ1) is 23.3. The molecule has 184 valence electrons. The van der Waals surface area contributed by atoms with Gasteiger partial charge in [0.1, 0.15) is 17.2 Å². The van der Waals surface area contributed by atoms with Gasteiger partial charge in [-0.25, -0.2) is 5.53 Å². The number of nitrogens with one attached hydrogen (secondary N) is 2. The number of rotatable bonds is 9. The van der Waals surface area contributed by atoms with Gasteiger partial charge in [0.15, 0.2) is 5.84 Å². The van der Waals surface area contributed by atoms with Crippen molar-refractivity contribution in [3.63, 3.8) is 0 Å². The topological polar surface area (TPSA) is 66.3 Å². The van der Waals surface area contributed by atoms with Crippen LogP contribution in [-0.2, 0) is 6.54 Å². The number of nitrogens with zero attached hydrogens (tertiary/aromatic N) is 4. The van der Waals surface area contributed by atoms with Crippen LogP contribution in [0, 0.1) is 0 Å². The molecule has 1 saturated heterocycles. The predicted octanol–water partition coefficient (Wildman–Crippen LogP) is 3.93. The molecular weight excluding hydrogens is 440 g/mol. The Labute approximate surface area is 207 Å². The quantitative estimate of drug-likeness (QED) is 0.490. The fourth-order valence-corrected chi connectivity index (χ4v) is 4.88. The van der Waals surface area contributed by atoms with Gasteiger partial charge in [0.05, 0.1) is 19.3 Å². The second kappa shape index (κ2) is 10.8. The smallest absolute Gasteiger partial charge is 0.173 e. The van der Waals surface area contributed by atoms with Gasteiger partial charge in [-0.2, -0.15) is 0 Å². The molecule has 8 heteroatoms. The molecule has 35 heavy (non-hydrogen) atoms. The summed E-state index contributed by atoms with van der Waals surface area (Å²) in [5.41, 5.74) is 9.45. The fraction of sp³-hybridized carbons (Fsp3) is 0.370. The van der Waals surface area contributed by atoms with Crippen LogP contribution in [0.3, 0.4) is 0 Å². The molecule has 0 atom stereocenters. The Kier molecular flexibility index (Phi) is 7.20. The van der Waals surface area contributed by atoms with Gasteiger partial charge in [0, 0.05) is 37.6 Å². The average molecular weight is 475 g/mol. The van der Waals surface area contributed by atoms with E-state index in [1.807, 2.05) is 56.6 Å². The summed E-state index contributed by atoms with van der Waals surface area (Å²) in [6, 6.07) is 19.1. The number of hydrazine groups is 2. The molecule has 2 aliphatic rings. The molecule has 3 heterocycles. The summed E-state index contributed by atoms with van der Waals surface area (Å²) in [7, 11) is 0. The van der Waals surface area contributed by atoms with E-state index in [9.17, 15) is 0 Å². The van der Waals surface area contributed by atoms with Crippen molar-refractivity contribution in [3.8, 4) is 17.2 Å². The van der Waals surface area contributed by atoms with Gasteiger partial charge in [0.2, 0.25) is 0 Å². The van der Waals surface area contributed by atoms with E-state index < -0.39 is 0 Å². The Morgan fingerprint density at radius 2 is 1.57 bits per heavy atom. The van der Waals surface area contributed by atoms with Gasteiger partial charge in [-0.15, -0.1) is 10.6 Å². The van der Waals surface area contributed by atoms with Crippen LogP contribution in [0.1, 0.15) is 37.8 Å². The SMILES string of the molecule is CCOc1cc(CN2CCC(N3NNN=C3c3ccccc3)CC2)cc(OCC)c1-n1cccc1. The first-order valence-corrected chi connectivity index (χ1v) is 12.5. The first-order valence-electron chi connectivity index (χ1n) is 12.5. The molecule has 2 N–H and O–H groups in total. The Balaban J connectivity index is 1.28. The number of piperidine rings is 1. The summed E-state index contributed by atoms with van der Waals surface area (Å²) in [5, 5.41) is 6.65. The highest BCUT2D eigenvalue weighted by molar-refractivity contribution is 5.99. The molecule has 3 aromatic rings. The monoisotopic (exact) mass is 474 g/mol. The third kappa shape index (κ3) is 5.13. The molecule has 1 aromatic heterocycles. The largest absolute Gasteiger partial charge is 0.492 e.